The molecular formula is C13H23N3S2. The Morgan fingerprint density at radius 1 is 1.06 bits per heavy atom. The van der Waals surface area contributed by atoms with Crippen molar-refractivity contribution in [1.29, 1.82) is 0 Å². The van der Waals surface area contributed by atoms with Gasteiger partial charge in [0.05, 0.1) is 0 Å². The highest BCUT2D eigenvalue weighted by molar-refractivity contribution is 7.99. The van der Waals surface area contributed by atoms with Crippen LogP contribution in [0, 0.1) is 0 Å². The highest BCUT2D eigenvalue weighted by Crippen LogP contribution is 2.22. The Kier molecular flexibility index (Phi) is 6.41. The van der Waals surface area contributed by atoms with E-state index in [2.05, 4.69) is 27.4 Å². The van der Waals surface area contributed by atoms with E-state index in [-0.39, 0.29) is 0 Å². The highest BCUT2D eigenvalue weighted by Gasteiger charge is 2.14. The lowest BCUT2D eigenvalue weighted by Gasteiger charge is -2.06. The summed E-state index contributed by atoms with van der Waals surface area (Å²) in [6.45, 7) is 1.12. The summed E-state index contributed by atoms with van der Waals surface area (Å²) in [4.78, 5) is 0. The van der Waals surface area contributed by atoms with Gasteiger partial charge in [0.2, 0.25) is 0 Å². The Bertz CT molecular complexity index is 352. The van der Waals surface area contributed by atoms with Crippen LogP contribution < -0.4 is 0 Å². The minimum Gasteiger partial charge on any atom is -0.306 e. The Balaban J connectivity index is 1.74. The molecule has 2 rings (SSSR count). The van der Waals surface area contributed by atoms with E-state index in [4.69, 9.17) is 0 Å². The second-order valence-corrected chi connectivity index (χ2v) is 6.36. The first-order chi connectivity index (χ1) is 8.92. The summed E-state index contributed by atoms with van der Waals surface area (Å²) in [5.74, 6) is 3.39. The maximum atomic E-state index is 4.34. The third-order valence-electron chi connectivity index (χ3n) is 3.36. The van der Waals surface area contributed by atoms with Gasteiger partial charge in [0.1, 0.15) is 5.82 Å². The molecule has 1 aliphatic rings. The predicted octanol–water partition coefficient (Wildman–Crippen LogP) is 3.59. The van der Waals surface area contributed by atoms with Gasteiger partial charge in [-0.25, -0.2) is 0 Å². The van der Waals surface area contributed by atoms with Crippen molar-refractivity contribution in [1.82, 2.24) is 14.8 Å². The molecule has 0 N–H and O–H groups in total. The number of aromatic nitrogens is 3. The van der Waals surface area contributed by atoms with Gasteiger partial charge in [0.25, 0.3) is 0 Å². The molecule has 0 saturated heterocycles. The molecule has 0 spiro atoms. The summed E-state index contributed by atoms with van der Waals surface area (Å²) >= 11 is 6.11. The maximum Gasteiger partial charge on any atom is 0.191 e. The SMILES string of the molecule is SCCCCCCSc1nnc2n1CCCCC2. The van der Waals surface area contributed by atoms with Gasteiger partial charge in [-0.05, 0) is 31.4 Å². The van der Waals surface area contributed by atoms with Crippen LogP contribution in [0.4, 0.5) is 0 Å². The smallest absolute Gasteiger partial charge is 0.191 e. The van der Waals surface area contributed by atoms with Gasteiger partial charge >= 0.3 is 0 Å². The van der Waals surface area contributed by atoms with E-state index in [1.165, 1.54) is 56.5 Å². The van der Waals surface area contributed by atoms with E-state index in [9.17, 15) is 0 Å². The lowest BCUT2D eigenvalue weighted by Crippen LogP contribution is -2.02. The molecule has 0 fully saturated rings. The fourth-order valence-corrected chi connectivity index (χ4v) is 3.50. The van der Waals surface area contributed by atoms with Crippen LogP contribution in [0.1, 0.15) is 50.8 Å². The molecule has 1 aromatic heterocycles. The van der Waals surface area contributed by atoms with Gasteiger partial charge in [-0.1, -0.05) is 31.0 Å². The molecule has 0 atom stereocenters. The van der Waals surface area contributed by atoms with E-state index in [0.717, 1.165) is 23.9 Å². The monoisotopic (exact) mass is 285 g/mol. The Morgan fingerprint density at radius 3 is 2.83 bits per heavy atom. The van der Waals surface area contributed by atoms with Gasteiger partial charge in [-0.2, -0.15) is 12.6 Å². The van der Waals surface area contributed by atoms with Crippen LogP contribution in [0.2, 0.25) is 0 Å². The highest BCUT2D eigenvalue weighted by atomic mass is 32.2. The molecule has 102 valence electrons. The van der Waals surface area contributed by atoms with Crippen molar-refractivity contribution < 1.29 is 0 Å². The number of rotatable bonds is 7. The molecule has 2 heterocycles. The molecule has 0 bridgehead atoms. The predicted molar refractivity (Wildman–Crippen MR) is 80.6 cm³/mol. The lowest BCUT2D eigenvalue weighted by molar-refractivity contribution is 0.590. The molecule has 18 heavy (non-hydrogen) atoms. The Hall–Kier alpha value is -0.160. The number of aryl methyl sites for hydroxylation is 1. The fraction of sp³-hybridized carbons (Fsp3) is 0.846. The van der Waals surface area contributed by atoms with Crippen LogP contribution in [0.5, 0.6) is 0 Å². The van der Waals surface area contributed by atoms with Gasteiger partial charge in [-0.3, -0.25) is 0 Å². The average molecular weight is 285 g/mol. The van der Waals surface area contributed by atoms with Crippen LogP contribution in [0.3, 0.4) is 0 Å². The van der Waals surface area contributed by atoms with Crippen molar-refractivity contribution in [3.05, 3.63) is 5.82 Å². The Labute approximate surface area is 120 Å². The van der Waals surface area contributed by atoms with E-state index in [0.29, 0.717) is 0 Å². The second-order valence-electron chi connectivity index (χ2n) is 4.85. The molecule has 0 radical (unpaired) electrons. The number of hydrogen-bond donors (Lipinski definition) is 1. The fourth-order valence-electron chi connectivity index (χ4n) is 2.30. The van der Waals surface area contributed by atoms with Crippen LogP contribution in [-0.2, 0) is 13.0 Å². The molecule has 0 unspecified atom stereocenters. The van der Waals surface area contributed by atoms with Crippen molar-refractivity contribution in [3.63, 3.8) is 0 Å². The largest absolute Gasteiger partial charge is 0.306 e. The van der Waals surface area contributed by atoms with Gasteiger partial charge in [0, 0.05) is 18.7 Å². The lowest BCUT2D eigenvalue weighted by atomic mass is 10.2. The zero-order chi connectivity index (χ0) is 12.6. The molecule has 1 aliphatic heterocycles. The molecule has 0 amide bonds. The van der Waals surface area contributed by atoms with Crippen LogP contribution >= 0.6 is 24.4 Å². The number of fused-ring (bicyclic) bond motifs is 1. The zero-order valence-electron chi connectivity index (χ0n) is 11.0. The third-order valence-corrected chi connectivity index (χ3v) is 4.73. The molecule has 5 heteroatoms. The first-order valence-electron chi connectivity index (χ1n) is 7.07. The number of thiol groups is 1. The van der Waals surface area contributed by atoms with Gasteiger partial charge in [0.15, 0.2) is 5.16 Å². The molecule has 0 aliphatic carbocycles. The van der Waals surface area contributed by atoms with Crippen LogP contribution in [0.25, 0.3) is 0 Å². The number of nitrogens with zero attached hydrogens (tertiary/aromatic N) is 3. The van der Waals surface area contributed by atoms with Gasteiger partial charge in [-0.15, -0.1) is 10.2 Å². The summed E-state index contributed by atoms with van der Waals surface area (Å²) in [5, 5.41) is 9.80. The summed E-state index contributed by atoms with van der Waals surface area (Å²) in [6, 6.07) is 0. The van der Waals surface area contributed by atoms with E-state index in [1.54, 1.807) is 0 Å². The Morgan fingerprint density at radius 2 is 1.94 bits per heavy atom. The van der Waals surface area contributed by atoms with E-state index in [1.807, 2.05) is 11.8 Å². The molecule has 1 aromatic rings. The minimum atomic E-state index is 1.02. The number of thioether (sulfide) groups is 1. The molecular weight excluding hydrogens is 262 g/mol. The van der Waals surface area contributed by atoms with E-state index < -0.39 is 0 Å². The summed E-state index contributed by atoms with van der Waals surface area (Å²) < 4.78 is 2.34. The third kappa shape index (κ3) is 4.19. The van der Waals surface area contributed by atoms with Crippen molar-refractivity contribution in [2.24, 2.45) is 0 Å². The first kappa shape index (κ1) is 14.3. The zero-order valence-corrected chi connectivity index (χ0v) is 12.7. The van der Waals surface area contributed by atoms with Crippen molar-refractivity contribution in [2.45, 2.75) is 63.1 Å². The summed E-state index contributed by atoms with van der Waals surface area (Å²) in [5.41, 5.74) is 0. The number of hydrogen-bond acceptors (Lipinski definition) is 4. The van der Waals surface area contributed by atoms with Crippen LogP contribution in [0.15, 0.2) is 5.16 Å². The normalized spacial score (nSPS) is 15.4. The average Bonchev–Trinajstić information content (AvgIpc) is 2.62. The van der Waals surface area contributed by atoms with Crippen molar-refractivity contribution in [2.75, 3.05) is 11.5 Å². The first-order valence-corrected chi connectivity index (χ1v) is 8.69. The quantitative estimate of drug-likeness (QED) is 0.472. The topological polar surface area (TPSA) is 30.7 Å². The summed E-state index contributed by atoms with van der Waals surface area (Å²) in [7, 11) is 0. The summed E-state index contributed by atoms with van der Waals surface area (Å²) in [6.07, 6.45) is 10.1. The second kappa shape index (κ2) is 8.10. The maximum absolute atomic E-state index is 4.34. The van der Waals surface area contributed by atoms with Crippen molar-refractivity contribution in [3.8, 4) is 0 Å². The minimum absolute atomic E-state index is 1.02. The van der Waals surface area contributed by atoms with Crippen molar-refractivity contribution >= 4 is 24.4 Å². The van der Waals surface area contributed by atoms with E-state index >= 15 is 0 Å². The molecule has 3 nitrogen and oxygen atoms in total. The number of unbranched alkanes of at least 4 members (excludes halogenated alkanes) is 3. The standard InChI is InChI=1S/C13H23N3S2/c17-10-6-1-2-7-11-18-13-15-14-12-8-4-3-5-9-16(12)13/h17H,1-11H2. The van der Waals surface area contributed by atoms with Crippen LogP contribution in [-0.4, -0.2) is 26.3 Å². The van der Waals surface area contributed by atoms with Gasteiger partial charge < -0.3 is 4.57 Å². The molecule has 0 saturated carbocycles. The molecule has 0 aromatic carbocycles.